The molecule has 1 heterocycles. The molecule has 2 aromatic rings. The van der Waals surface area contributed by atoms with Gasteiger partial charge in [0.05, 0.1) is 0 Å². The molecule has 0 fully saturated rings. The van der Waals surface area contributed by atoms with Gasteiger partial charge in [0, 0.05) is 18.3 Å². The molecule has 0 bridgehead atoms. The lowest BCUT2D eigenvalue weighted by atomic mass is 10.1. The van der Waals surface area contributed by atoms with Gasteiger partial charge < -0.3 is 5.73 Å². The van der Waals surface area contributed by atoms with Crippen LogP contribution in [0, 0.1) is 11.6 Å². The number of aromatic nitrogens is 3. The van der Waals surface area contributed by atoms with Gasteiger partial charge in [-0.2, -0.15) is 0 Å². The van der Waals surface area contributed by atoms with Gasteiger partial charge in [0.1, 0.15) is 0 Å². The maximum atomic E-state index is 13.2. The Balaban J connectivity index is 2.05. The van der Waals surface area contributed by atoms with Crippen LogP contribution >= 0.6 is 11.8 Å². The van der Waals surface area contributed by atoms with Crippen molar-refractivity contribution in [3.63, 3.8) is 0 Å². The van der Waals surface area contributed by atoms with Crippen LogP contribution in [0.25, 0.3) is 0 Å². The summed E-state index contributed by atoms with van der Waals surface area (Å²) in [6, 6.07) is 3.11. The van der Waals surface area contributed by atoms with Crippen molar-refractivity contribution in [3.05, 3.63) is 45.9 Å². The Morgan fingerprint density at radius 2 is 2.19 bits per heavy atom. The second-order valence-corrected chi connectivity index (χ2v) is 5.54. The first kappa shape index (κ1) is 15.7. The van der Waals surface area contributed by atoms with E-state index in [1.54, 1.807) is 0 Å². The Morgan fingerprint density at radius 1 is 1.43 bits per heavy atom. The maximum absolute atomic E-state index is 13.2. The number of hydrogen-bond acceptors (Lipinski definition) is 4. The molecule has 21 heavy (non-hydrogen) atoms. The highest BCUT2D eigenvalue weighted by molar-refractivity contribution is 7.99. The van der Waals surface area contributed by atoms with Gasteiger partial charge in [-0.1, -0.05) is 24.8 Å². The van der Waals surface area contributed by atoms with Crippen molar-refractivity contribution in [2.24, 2.45) is 5.73 Å². The number of nitrogens with two attached hydrogens (primary N) is 1. The number of benzene rings is 1. The van der Waals surface area contributed by atoms with Crippen molar-refractivity contribution in [1.82, 2.24) is 14.8 Å². The minimum absolute atomic E-state index is 0.263. The van der Waals surface area contributed by atoms with Crippen LogP contribution < -0.4 is 11.4 Å². The highest BCUT2D eigenvalue weighted by atomic mass is 32.2. The van der Waals surface area contributed by atoms with Gasteiger partial charge in [-0.15, -0.1) is 5.10 Å². The molecule has 5 nitrogen and oxygen atoms in total. The second-order valence-electron chi connectivity index (χ2n) is 4.55. The highest BCUT2D eigenvalue weighted by Gasteiger charge is 2.13. The molecule has 0 saturated heterocycles. The molecule has 3 N–H and O–H groups in total. The van der Waals surface area contributed by atoms with Gasteiger partial charge in [0.2, 0.25) is 0 Å². The molecule has 1 atom stereocenters. The summed E-state index contributed by atoms with van der Waals surface area (Å²) in [7, 11) is 0. The molecule has 2 rings (SSSR count). The Kier molecular flexibility index (Phi) is 5.13. The van der Waals surface area contributed by atoms with E-state index in [1.807, 2.05) is 6.92 Å². The summed E-state index contributed by atoms with van der Waals surface area (Å²) in [6.45, 7) is 2.53. The minimum atomic E-state index is -0.921. The molecule has 0 aliphatic carbocycles. The number of aromatic amines is 1. The number of nitrogens with one attached hydrogen (secondary N) is 1. The van der Waals surface area contributed by atoms with E-state index in [0.29, 0.717) is 23.0 Å². The zero-order chi connectivity index (χ0) is 15.4. The normalized spacial score (nSPS) is 12.6. The van der Waals surface area contributed by atoms with E-state index in [0.717, 1.165) is 18.6 Å². The summed E-state index contributed by atoms with van der Waals surface area (Å²) >= 11 is 1.30. The van der Waals surface area contributed by atoms with Gasteiger partial charge in [-0.25, -0.2) is 18.7 Å². The molecule has 8 heteroatoms. The Hall–Kier alpha value is -1.67. The molecule has 1 aromatic carbocycles. The fraction of sp³-hybridized carbons (Fsp3) is 0.385. The first-order chi connectivity index (χ1) is 10.0. The summed E-state index contributed by atoms with van der Waals surface area (Å²) in [6.07, 6.45) is 0.808. The summed E-state index contributed by atoms with van der Waals surface area (Å²) in [5.74, 6) is -1.42. The van der Waals surface area contributed by atoms with Crippen LogP contribution in [0.2, 0.25) is 0 Å². The third-order valence-electron chi connectivity index (χ3n) is 2.93. The van der Waals surface area contributed by atoms with Crippen molar-refractivity contribution in [2.45, 2.75) is 31.1 Å². The molecular formula is C13H16F2N4OS. The van der Waals surface area contributed by atoms with Crippen molar-refractivity contribution in [1.29, 1.82) is 0 Å². The first-order valence-electron chi connectivity index (χ1n) is 6.51. The van der Waals surface area contributed by atoms with Gasteiger partial charge in [0.15, 0.2) is 16.8 Å². The van der Waals surface area contributed by atoms with Crippen LogP contribution in [0.5, 0.6) is 0 Å². The van der Waals surface area contributed by atoms with E-state index >= 15 is 0 Å². The molecular weight excluding hydrogens is 298 g/mol. The summed E-state index contributed by atoms with van der Waals surface area (Å²) < 4.78 is 27.6. The number of rotatable bonds is 6. The average Bonchev–Trinajstić information content (AvgIpc) is 2.81. The SMILES string of the molecule is CCCn1c(SCC(N)c2ccc(F)c(F)c2)n[nH]c1=O. The summed E-state index contributed by atoms with van der Waals surface area (Å²) in [5, 5.41) is 6.86. The fourth-order valence-corrected chi connectivity index (χ4v) is 2.80. The number of H-pyrrole nitrogens is 1. The van der Waals surface area contributed by atoms with Gasteiger partial charge in [0.25, 0.3) is 0 Å². The van der Waals surface area contributed by atoms with Crippen molar-refractivity contribution < 1.29 is 8.78 Å². The van der Waals surface area contributed by atoms with E-state index in [-0.39, 0.29) is 5.69 Å². The van der Waals surface area contributed by atoms with Crippen LogP contribution in [-0.2, 0) is 6.54 Å². The van der Waals surface area contributed by atoms with Crippen LogP contribution in [0.15, 0.2) is 28.2 Å². The molecule has 1 aromatic heterocycles. The zero-order valence-corrected chi connectivity index (χ0v) is 12.3. The summed E-state index contributed by atoms with van der Waals surface area (Å²) in [5.41, 5.74) is 6.20. The number of hydrogen-bond donors (Lipinski definition) is 2. The van der Waals surface area contributed by atoms with E-state index in [9.17, 15) is 13.6 Å². The fourth-order valence-electron chi connectivity index (χ4n) is 1.84. The van der Waals surface area contributed by atoms with Crippen molar-refractivity contribution in [2.75, 3.05) is 5.75 Å². The zero-order valence-electron chi connectivity index (χ0n) is 11.5. The third-order valence-corrected chi connectivity index (χ3v) is 4.03. The smallest absolute Gasteiger partial charge is 0.323 e. The molecule has 0 saturated carbocycles. The number of thioether (sulfide) groups is 1. The maximum Gasteiger partial charge on any atom is 0.343 e. The molecule has 114 valence electrons. The standard InChI is InChI=1S/C13H16F2N4OS/c1-2-5-19-12(20)17-18-13(19)21-7-11(16)8-3-4-9(14)10(15)6-8/h3-4,6,11H,2,5,7,16H2,1H3,(H,17,20). The Labute approximate surface area is 124 Å². The molecule has 0 amide bonds. The second kappa shape index (κ2) is 6.86. The lowest BCUT2D eigenvalue weighted by Crippen LogP contribution is -2.18. The monoisotopic (exact) mass is 314 g/mol. The Bertz CT molecular complexity index is 670. The molecule has 0 aliphatic rings. The van der Waals surface area contributed by atoms with Crippen molar-refractivity contribution >= 4 is 11.8 Å². The molecule has 0 aliphatic heterocycles. The number of halogens is 2. The first-order valence-corrected chi connectivity index (χ1v) is 7.50. The number of nitrogens with zero attached hydrogens (tertiary/aromatic N) is 2. The lowest BCUT2D eigenvalue weighted by Gasteiger charge is -2.12. The quantitative estimate of drug-likeness (QED) is 0.800. The van der Waals surface area contributed by atoms with Gasteiger partial charge in [-0.3, -0.25) is 4.57 Å². The highest BCUT2D eigenvalue weighted by Crippen LogP contribution is 2.22. The Morgan fingerprint density at radius 3 is 2.86 bits per heavy atom. The van der Waals surface area contributed by atoms with Crippen LogP contribution in [-0.4, -0.2) is 20.5 Å². The summed E-state index contributed by atoms with van der Waals surface area (Å²) in [4.78, 5) is 11.5. The topological polar surface area (TPSA) is 76.7 Å². The van der Waals surface area contributed by atoms with E-state index < -0.39 is 17.7 Å². The van der Waals surface area contributed by atoms with Gasteiger partial charge >= 0.3 is 5.69 Å². The van der Waals surface area contributed by atoms with Crippen LogP contribution in [0.3, 0.4) is 0 Å². The van der Waals surface area contributed by atoms with E-state index in [1.165, 1.54) is 22.4 Å². The molecule has 1 unspecified atom stereocenters. The van der Waals surface area contributed by atoms with Gasteiger partial charge in [-0.05, 0) is 24.1 Å². The third kappa shape index (κ3) is 3.70. The predicted molar refractivity (Wildman–Crippen MR) is 77.1 cm³/mol. The largest absolute Gasteiger partial charge is 0.343 e. The van der Waals surface area contributed by atoms with E-state index in [4.69, 9.17) is 5.73 Å². The predicted octanol–water partition coefficient (Wildman–Crippen LogP) is 2.05. The van der Waals surface area contributed by atoms with Crippen molar-refractivity contribution in [3.8, 4) is 0 Å². The molecule has 0 radical (unpaired) electrons. The lowest BCUT2D eigenvalue weighted by molar-refractivity contribution is 0.506. The van der Waals surface area contributed by atoms with Crippen LogP contribution in [0.1, 0.15) is 24.9 Å². The average molecular weight is 314 g/mol. The molecule has 0 spiro atoms. The minimum Gasteiger partial charge on any atom is -0.323 e. The van der Waals surface area contributed by atoms with E-state index in [2.05, 4.69) is 10.2 Å². The van der Waals surface area contributed by atoms with Crippen LogP contribution in [0.4, 0.5) is 8.78 Å².